The van der Waals surface area contributed by atoms with Gasteiger partial charge in [0.1, 0.15) is 18.1 Å². The first kappa shape index (κ1) is 14.3. The number of ketones is 1. The molecule has 104 valence electrons. The summed E-state index contributed by atoms with van der Waals surface area (Å²) in [5, 5.41) is 0. The normalized spacial score (nSPS) is 10.3. The number of carbonyl (C=O) groups is 1. The molecule has 0 aliphatic heterocycles. The Labute approximate surface area is 119 Å². The monoisotopic (exact) mass is 270 g/mol. The Morgan fingerprint density at radius 3 is 2.05 bits per heavy atom. The van der Waals surface area contributed by atoms with Gasteiger partial charge in [0.2, 0.25) is 0 Å². The number of ether oxygens (including phenoxy) is 2. The first-order valence-corrected chi connectivity index (χ1v) is 6.54. The number of benzene rings is 2. The molecule has 2 aromatic rings. The van der Waals surface area contributed by atoms with Crippen LogP contribution in [0.4, 0.5) is 0 Å². The molecule has 2 aromatic carbocycles. The highest BCUT2D eigenvalue weighted by Crippen LogP contribution is 2.22. The van der Waals surface area contributed by atoms with Crippen LogP contribution in [-0.4, -0.2) is 12.4 Å². The van der Waals surface area contributed by atoms with E-state index in [-0.39, 0.29) is 12.4 Å². The van der Waals surface area contributed by atoms with E-state index in [2.05, 4.69) is 0 Å². The van der Waals surface area contributed by atoms with Gasteiger partial charge in [0.05, 0.1) is 6.61 Å². The highest BCUT2D eigenvalue weighted by Gasteiger charge is 1.99. The average Bonchev–Trinajstić information content (AvgIpc) is 2.43. The third kappa shape index (κ3) is 4.52. The summed E-state index contributed by atoms with van der Waals surface area (Å²) < 4.78 is 11.0. The lowest BCUT2D eigenvalue weighted by atomic mass is 10.2. The maximum absolute atomic E-state index is 10.8. The molecule has 0 saturated carbocycles. The van der Waals surface area contributed by atoms with E-state index in [4.69, 9.17) is 9.47 Å². The van der Waals surface area contributed by atoms with Gasteiger partial charge in [-0.05, 0) is 43.7 Å². The molecule has 0 aliphatic carbocycles. The molecule has 0 saturated heterocycles. The summed E-state index contributed by atoms with van der Waals surface area (Å²) in [4.78, 5) is 10.8. The topological polar surface area (TPSA) is 35.5 Å². The van der Waals surface area contributed by atoms with Gasteiger partial charge >= 0.3 is 0 Å². The first-order chi connectivity index (χ1) is 9.63. The van der Waals surface area contributed by atoms with E-state index in [1.807, 2.05) is 55.5 Å². The second-order valence-electron chi connectivity index (χ2n) is 4.75. The van der Waals surface area contributed by atoms with Gasteiger partial charge in [-0.1, -0.05) is 29.8 Å². The van der Waals surface area contributed by atoms with Crippen LogP contribution in [0.3, 0.4) is 0 Å². The molecule has 0 aromatic heterocycles. The number of Topliss-reactive ketones (excluding diaryl/α,β-unsaturated/α-hetero) is 1. The molecule has 2 rings (SSSR count). The standard InChI is InChI=1S/C17H18O3/c1-13-3-7-16(8-4-13)20-17-9-5-15(6-10-17)12-19-11-14(2)18/h3-10H,11-12H2,1-2H3. The molecule has 0 unspecified atom stereocenters. The van der Waals surface area contributed by atoms with Gasteiger partial charge in [-0.2, -0.15) is 0 Å². The lowest BCUT2D eigenvalue weighted by Gasteiger charge is -2.07. The number of carbonyl (C=O) groups excluding carboxylic acids is 1. The molecule has 0 bridgehead atoms. The molecule has 0 amide bonds. The summed E-state index contributed by atoms with van der Waals surface area (Å²) in [6, 6.07) is 15.6. The van der Waals surface area contributed by atoms with Crippen LogP contribution in [-0.2, 0) is 16.1 Å². The van der Waals surface area contributed by atoms with Crippen molar-refractivity contribution in [3.05, 3.63) is 59.7 Å². The van der Waals surface area contributed by atoms with Crippen molar-refractivity contribution in [2.24, 2.45) is 0 Å². The van der Waals surface area contributed by atoms with Crippen molar-refractivity contribution in [1.82, 2.24) is 0 Å². The molecular weight excluding hydrogens is 252 g/mol. The Hall–Kier alpha value is -2.13. The highest BCUT2D eigenvalue weighted by molar-refractivity contribution is 5.76. The molecule has 0 aliphatic rings. The van der Waals surface area contributed by atoms with E-state index >= 15 is 0 Å². The van der Waals surface area contributed by atoms with Crippen LogP contribution in [0.2, 0.25) is 0 Å². The van der Waals surface area contributed by atoms with E-state index < -0.39 is 0 Å². The van der Waals surface area contributed by atoms with Crippen molar-refractivity contribution in [3.63, 3.8) is 0 Å². The average molecular weight is 270 g/mol. The first-order valence-electron chi connectivity index (χ1n) is 6.54. The molecule has 0 fully saturated rings. The summed E-state index contributed by atoms with van der Waals surface area (Å²) >= 11 is 0. The van der Waals surface area contributed by atoms with Crippen LogP contribution in [0.15, 0.2) is 48.5 Å². The zero-order valence-corrected chi connectivity index (χ0v) is 11.8. The van der Waals surface area contributed by atoms with Crippen molar-refractivity contribution < 1.29 is 14.3 Å². The molecule has 20 heavy (non-hydrogen) atoms. The number of hydrogen-bond acceptors (Lipinski definition) is 3. The van der Waals surface area contributed by atoms with E-state index in [1.165, 1.54) is 12.5 Å². The minimum atomic E-state index is 0.0318. The second kappa shape index (κ2) is 6.87. The summed E-state index contributed by atoms with van der Waals surface area (Å²) in [5.41, 5.74) is 2.22. The van der Waals surface area contributed by atoms with Crippen LogP contribution in [0, 0.1) is 6.92 Å². The van der Waals surface area contributed by atoms with Crippen molar-refractivity contribution >= 4 is 5.78 Å². The molecule has 0 radical (unpaired) electrons. The van der Waals surface area contributed by atoms with Crippen LogP contribution in [0.25, 0.3) is 0 Å². The molecule has 0 N–H and O–H groups in total. The fourth-order valence-corrected chi connectivity index (χ4v) is 1.71. The Morgan fingerprint density at radius 1 is 0.950 bits per heavy atom. The molecule has 0 atom stereocenters. The largest absolute Gasteiger partial charge is 0.457 e. The predicted octanol–water partition coefficient (Wildman–Crippen LogP) is 3.89. The summed E-state index contributed by atoms with van der Waals surface area (Å²) in [7, 11) is 0. The maximum atomic E-state index is 10.8. The molecule has 0 heterocycles. The summed E-state index contributed by atoms with van der Waals surface area (Å²) in [6.45, 7) is 4.14. The summed E-state index contributed by atoms with van der Waals surface area (Å²) in [5.74, 6) is 1.63. The van der Waals surface area contributed by atoms with Gasteiger partial charge in [-0.25, -0.2) is 0 Å². The lowest BCUT2D eigenvalue weighted by Crippen LogP contribution is -2.03. The van der Waals surface area contributed by atoms with Crippen LogP contribution in [0.1, 0.15) is 18.1 Å². The zero-order chi connectivity index (χ0) is 14.4. The van der Waals surface area contributed by atoms with Crippen molar-refractivity contribution in [1.29, 1.82) is 0 Å². The number of aryl methyl sites for hydroxylation is 1. The third-order valence-corrected chi connectivity index (χ3v) is 2.75. The second-order valence-corrected chi connectivity index (χ2v) is 4.75. The smallest absolute Gasteiger partial charge is 0.155 e. The van der Waals surface area contributed by atoms with Gasteiger partial charge in [0.15, 0.2) is 5.78 Å². The van der Waals surface area contributed by atoms with Crippen molar-refractivity contribution in [3.8, 4) is 11.5 Å². The Bertz CT molecular complexity index is 556. The Kier molecular flexibility index (Phi) is 4.91. The lowest BCUT2D eigenvalue weighted by molar-refractivity contribution is -0.121. The van der Waals surface area contributed by atoms with Crippen LogP contribution in [0.5, 0.6) is 11.5 Å². The van der Waals surface area contributed by atoms with Gasteiger partial charge in [-0.3, -0.25) is 4.79 Å². The van der Waals surface area contributed by atoms with Crippen molar-refractivity contribution in [2.45, 2.75) is 20.5 Å². The maximum Gasteiger partial charge on any atom is 0.155 e. The molecule has 3 nitrogen and oxygen atoms in total. The minimum Gasteiger partial charge on any atom is -0.457 e. The highest BCUT2D eigenvalue weighted by atomic mass is 16.5. The fourth-order valence-electron chi connectivity index (χ4n) is 1.71. The van der Waals surface area contributed by atoms with E-state index in [1.54, 1.807) is 0 Å². The fraction of sp³-hybridized carbons (Fsp3) is 0.235. The van der Waals surface area contributed by atoms with Gasteiger partial charge in [-0.15, -0.1) is 0 Å². The van der Waals surface area contributed by atoms with Gasteiger partial charge < -0.3 is 9.47 Å². The number of rotatable bonds is 6. The van der Waals surface area contributed by atoms with Crippen LogP contribution >= 0.6 is 0 Å². The Balaban J connectivity index is 1.91. The van der Waals surface area contributed by atoms with E-state index in [0.29, 0.717) is 6.61 Å². The molecular formula is C17H18O3. The zero-order valence-electron chi connectivity index (χ0n) is 11.8. The third-order valence-electron chi connectivity index (χ3n) is 2.75. The van der Waals surface area contributed by atoms with Crippen LogP contribution < -0.4 is 4.74 Å². The van der Waals surface area contributed by atoms with E-state index in [9.17, 15) is 4.79 Å². The quantitative estimate of drug-likeness (QED) is 0.798. The van der Waals surface area contributed by atoms with Gasteiger partial charge in [0.25, 0.3) is 0 Å². The Morgan fingerprint density at radius 2 is 1.50 bits per heavy atom. The minimum absolute atomic E-state index is 0.0318. The van der Waals surface area contributed by atoms with Crippen molar-refractivity contribution in [2.75, 3.05) is 6.61 Å². The molecule has 0 spiro atoms. The SMILES string of the molecule is CC(=O)COCc1ccc(Oc2ccc(C)cc2)cc1. The molecule has 3 heteroatoms. The number of hydrogen-bond donors (Lipinski definition) is 0. The predicted molar refractivity (Wildman–Crippen MR) is 78.0 cm³/mol. The van der Waals surface area contributed by atoms with E-state index in [0.717, 1.165) is 17.1 Å². The van der Waals surface area contributed by atoms with Gasteiger partial charge in [0, 0.05) is 0 Å². The summed E-state index contributed by atoms with van der Waals surface area (Å²) in [6.07, 6.45) is 0.